The summed E-state index contributed by atoms with van der Waals surface area (Å²) < 4.78 is 0. The monoisotopic (exact) mass is 286 g/mol. The zero-order valence-electron chi connectivity index (χ0n) is 12.3. The quantitative estimate of drug-likeness (QED) is 0.660. The second-order valence-electron chi connectivity index (χ2n) is 5.77. The van der Waals surface area contributed by atoms with Crippen LogP contribution in [-0.4, -0.2) is 30.1 Å². The molecule has 2 aliphatic heterocycles. The van der Waals surface area contributed by atoms with Crippen LogP contribution in [0.5, 0.6) is 5.75 Å². The molecular formula is C16H22N4O. The third-order valence-corrected chi connectivity index (χ3v) is 4.30. The van der Waals surface area contributed by atoms with Crippen LogP contribution < -0.4 is 16.6 Å². The number of benzene rings is 1. The van der Waals surface area contributed by atoms with E-state index in [0.29, 0.717) is 11.7 Å². The average Bonchev–Trinajstić information content (AvgIpc) is 2.50. The van der Waals surface area contributed by atoms with Gasteiger partial charge in [0.15, 0.2) is 0 Å². The number of phenolic OH excluding ortho intramolecular Hbond substituents is 1. The van der Waals surface area contributed by atoms with Gasteiger partial charge in [0.25, 0.3) is 0 Å². The van der Waals surface area contributed by atoms with E-state index < -0.39 is 0 Å². The lowest BCUT2D eigenvalue weighted by Crippen LogP contribution is -2.40. The van der Waals surface area contributed by atoms with Gasteiger partial charge >= 0.3 is 0 Å². The lowest BCUT2D eigenvalue weighted by atomic mass is 9.87. The number of rotatable bonds is 2. The van der Waals surface area contributed by atoms with Gasteiger partial charge < -0.3 is 15.7 Å². The Balaban J connectivity index is 1.88. The van der Waals surface area contributed by atoms with Gasteiger partial charge in [0.05, 0.1) is 5.70 Å². The van der Waals surface area contributed by atoms with Gasteiger partial charge in [-0.15, -0.1) is 0 Å². The van der Waals surface area contributed by atoms with Crippen LogP contribution in [0.25, 0.3) is 5.70 Å². The van der Waals surface area contributed by atoms with Crippen LogP contribution >= 0.6 is 0 Å². The standard InChI is InChI=1S/C16H22N4O/c1-20-8-6-11(7-9-20)13-10-14(18-19-16(13)17)12-4-2-3-5-15(12)21/h2-5,10-11,18-19,21H,6-9,17H2,1H3. The van der Waals surface area contributed by atoms with Crippen LogP contribution in [0.3, 0.4) is 0 Å². The molecule has 0 radical (unpaired) electrons. The van der Waals surface area contributed by atoms with Crippen LogP contribution in [0.1, 0.15) is 18.4 Å². The zero-order chi connectivity index (χ0) is 14.8. The number of hydrazine groups is 1. The number of aromatic hydroxyl groups is 1. The maximum atomic E-state index is 10.00. The number of nitrogens with zero attached hydrogens (tertiary/aromatic N) is 1. The Labute approximate surface area is 125 Å². The first kappa shape index (κ1) is 13.8. The van der Waals surface area contributed by atoms with E-state index in [1.807, 2.05) is 18.2 Å². The molecule has 112 valence electrons. The molecule has 0 aliphatic carbocycles. The number of para-hydroxylation sites is 1. The molecule has 1 fully saturated rings. The van der Waals surface area contributed by atoms with Gasteiger partial charge in [-0.3, -0.25) is 10.9 Å². The van der Waals surface area contributed by atoms with E-state index in [9.17, 15) is 5.11 Å². The smallest absolute Gasteiger partial charge is 0.124 e. The first-order chi connectivity index (χ1) is 10.1. The first-order valence-corrected chi connectivity index (χ1v) is 7.35. The number of nitrogens with two attached hydrogens (primary N) is 1. The molecule has 5 N–H and O–H groups in total. The van der Waals surface area contributed by atoms with E-state index in [-0.39, 0.29) is 5.75 Å². The second kappa shape index (κ2) is 5.69. The van der Waals surface area contributed by atoms with Crippen LogP contribution in [-0.2, 0) is 0 Å². The van der Waals surface area contributed by atoms with Gasteiger partial charge in [0.1, 0.15) is 11.6 Å². The van der Waals surface area contributed by atoms with E-state index in [4.69, 9.17) is 5.73 Å². The van der Waals surface area contributed by atoms with Crippen LogP contribution in [0.15, 0.2) is 41.7 Å². The van der Waals surface area contributed by atoms with Crippen molar-refractivity contribution in [1.82, 2.24) is 15.8 Å². The third kappa shape index (κ3) is 2.83. The maximum Gasteiger partial charge on any atom is 0.124 e. The Bertz CT molecular complexity index is 586. The van der Waals surface area contributed by atoms with Crippen molar-refractivity contribution in [3.8, 4) is 5.75 Å². The molecule has 5 heteroatoms. The molecule has 1 saturated heterocycles. The Kier molecular flexibility index (Phi) is 3.75. The summed E-state index contributed by atoms with van der Waals surface area (Å²) in [5.74, 6) is 1.42. The number of likely N-dealkylation sites (tertiary alicyclic amines) is 1. The summed E-state index contributed by atoms with van der Waals surface area (Å²) in [7, 11) is 2.15. The molecule has 0 unspecified atom stereocenters. The topological polar surface area (TPSA) is 73.5 Å². The molecule has 3 rings (SSSR count). The van der Waals surface area contributed by atoms with Gasteiger partial charge in [-0.05, 0) is 62.7 Å². The van der Waals surface area contributed by atoms with Crippen molar-refractivity contribution in [3.63, 3.8) is 0 Å². The first-order valence-electron chi connectivity index (χ1n) is 7.35. The molecule has 0 aromatic heterocycles. The molecule has 1 aromatic rings. The lowest BCUT2D eigenvalue weighted by Gasteiger charge is -2.32. The number of hydrogen-bond acceptors (Lipinski definition) is 5. The van der Waals surface area contributed by atoms with Crippen molar-refractivity contribution < 1.29 is 5.11 Å². The fourth-order valence-corrected chi connectivity index (χ4v) is 2.98. The summed E-state index contributed by atoms with van der Waals surface area (Å²) in [6.45, 7) is 2.18. The number of phenols is 1. The van der Waals surface area contributed by atoms with Crippen molar-refractivity contribution in [2.24, 2.45) is 11.7 Å². The van der Waals surface area contributed by atoms with E-state index in [0.717, 1.165) is 42.8 Å². The Hall–Kier alpha value is -2.14. The van der Waals surface area contributed by atoms with Crippen molar-refractivity contribution >= 4 is 5.70 Å². The largest absolute Gasteiger partial charge is 0.507 e. The van der Waals surface area contributed by atoms with Crippen LogP contribution in [0.4, 0.5) is 0 Å². The molecule has 2 aliphatic rings. The lowest BCUT2D eigenvalue weighted by molar-refractivity contribution is 0.238. The number of hydrogen-bond donors (Lipinski definition) is 4. The summed E-state index contributed by atoms with van der Waals surface area (Å²) in [5, 5.41) is 10.00. The minimum absolute atomic E-state index is 0.265. The highest BCUT2D eigenvalue weighted by Gasteiger charge is 2.24. The molecule has 0 atom stereocenters. The maximum absolute atomic E-state index is 10.00. The second-order valence-corrected chi connectivity index (χ2v) is 5.77. The van der Waals surface area contributed by atoms with E-state index in [1.165, 1.54) is 0 Å². The van der Waals surface area contributed by atoms with Crippen LogP contribution in [0, 0.1) is 5.92 Å². The van der Waals surface area contributed by atoms with Gasteiger partial charge in [-0.25, -0.2) is 0 Å². The molecule has 1 aromatic carbocycles. The van der Waals surface area contributed by atoms with Gasteiger partial charge in [-0.1, -0.05) is 12.1 Å². The predicted octanol–water partition coefficient (Wildman–Crippen LogP) is 1.35. The zero-order valence-corrected chi connectivity index (χ0v) is 12.3. The Morgan fingerprint density at radius 3 is 2.62 bits per heavy atom. The molecule has 0 spiro atoms. The van der Waals surface area contributed by atoms with Crippen LogP contribution in [0.2, 0.25) is 0 Å². The highest BCUT2D eigenvalue weighted by Crippen LogP contribution is 2.31. The molecule has 0 bridgehead atoms. The van der Waals surface area contributed by atoms with Crippen molar-refractivity contribution in [2.75, 3.05) is 20.1 Å². The van der Waals surface area contributed by atoms with E-state index >= 15 is 0 Å². The van der Waals surface area contributed by atoms with E-state index in [1.54, 1.807) is 6.07 Å². The molecule has 0 saturated carbocycles. The van der Waals surface area contributed by atoms with Gasteiger partial charge in [-0.2, -0.15) is 0 Å². The van der Waals surface area contributed by atoms with E-state index in [2.05, 4.69) is 28.9 Å². The highest BCUT2D eigenvalue weighted by molar-refractivity contribution is 5.72. The fourth-order valence-electron chi connectivity index (χ4n) is 2.98. The highest BCUT2D eigenvalue weighted by atomic mass is 16.3. The summed E-state index contributed by atoms with van der Waals surface area (Å²) in [6.07, 6.45) is 4.29. The van der Waals surface area contributed by atoms with Gasteiger partial charge in [0, 0.05) is 5.56 Å². The molecule has 5 nitrogen and oxygen atoms in total. The normalized spacial score (nSPS) is 20.7. The minimum atomic E-state index is 0.265. The molecule has 2 heterocycles. The molecular weight excluding hydrogens is 264 g/mol. The van der Waals surface area contributed by atoms with Crippen molar-refractivity contribution in [1.29, 1.82) is 0 Å². The molecule has 21 heavy (non-hydrogen) atoms. The Morgan fingerprint density at radius 1 is 1.19 bits per heavy atom. The minimum Gasteiger partial charge on any atom is -0.507 e. The van der Waals surface area contributed by atoms with Crippen molar-refractivity contribution in [2.45, 2.75) is 12.8 Å². The van der Waals surface area contributed by atoms with Crippen molar-refractivity contribution in [3.05, 3.63) is 47.3 Å². The summed E-state index contributed by atoms with van der Waals surface area (Å²) in [4.78, 5) is 2.34. The predicted molar refractivity (Wildman–Crippen MR) is 83.8 cm³/mol. The average molecular weight is 286 g/mol. The third-order valence-electron chi connectivity index (χ3n) is 4.30. The number of allylic oxidation sites excluding steroid dienone is 2. The van der Waals surface area contributed by atoms with Gasteiger partial charge in [0.2, 0.25) is 0 Å². The summed E-state index contributed by atoms with van der Waals surface area (Å²) in [6, 6.07) is 7.31. The molecule has 0 amide bonds. The summed E-state index contributed by atoms with van der Waals surface area (Å²) in [5.41, 5.74) is 15.0. The summed E-state index contributed by atoms with van der Waals surface area (Å²) >= 11 is 0. The number of piperidine rings is 1. The number of nitrogens with one attached hydrogen (secondary N) is 2. The Morgan fingerprint density at radius 2 is 1.90 bits per heavy atom. The SMILES string of the molecule is CN1CCC(C2=C(N)NNC(c3ccccc3O)=C2)CC1. The fraction of sp³-hybridized carbons (Fsp3) is 0.375.